The van der Waals surface area contributed by atoms with Gasteiger partial charge in [-0.3, -0.25) is 0 Å². The van der Waals surface area contributed by atoms with Gasteiger partial charge in [-0.1, -0.05) is 12.1 Å². The van der Waals surface area contributed by atoms with Crippen LogP contribution in [0, 0.1) is 20.8 Å². The minimum absolute atomic E-state index is 0.294. The number of ether oxygens (including phenoxy) is 1. The van der Waals surface area contributed by atoms with Crippen molar-refractivity contribution in [1.82, 2.24) is 24.8 Å². The minimum Gasteiger partial charge on any atom is -0.473 e. The Morgan fingerprint density at radius 2 is 1.92 bits per heavy atom. The Morgan fingerprint density at radius 3 is 2.58 bits per heavy atom. The first-order chi connectivity index (χ1) is 11.5. The van der Waals surface area contributed by atoms with Gasteiger partial charge < -0.3 is 4.74 Å². The second-order valence-corrected chi connectivity index (χ2v) is 5.79. The van der Waals surface area contributed by atoms with Crippen LogP contribution >= 0.6 is 0 Å². The number of nitrogens with zero attached hydrogens (tertiary/aromatic N) is 5. The van der Waals surface area contributed by atoms with Gasteiger partial charge in [-0.05, 0) is 54.5 Å². The van der Waals surface area contributed by atoms with Crippen LogP contribution in [-0.4, -0.2) is 24.8 Å². The third kappa shape index (κ3) is 2.92. The van der Waals surface area contributed by atoms with Crippen molar-refractivity contribution < 1.29 is 4.74 Å². The van der Waals surface area contributed by atoms with Crippen LogP contribution in [0.5, 0.6) is 5.88 Å². The van der Waals surface area contributed by atoms with Gasteiger partial charge in [0.1, 0.15) is 6.61 Å². The summed E-state index contributed by atoms with van der Waals surface area (Å²) in [4.78, 5) is 16.5. The topological polar surface area (TPSA) is 74.8 Å². The molecule has 124 valence electrons. The molecule has 3 rings (SSSR count). The van der Waals surface area contributed by atoms with Crippen molar-refractivity contribution in [2.45, 2.75) is 27.4 Å². The molecule has 0 atom stereocenters. The monoisotopic (exact) mass is 325 g/mol. The van der Waals surface area contributed by atoms with E-state index >= 15 is 0 Å². The summed E-state index contributed by atoms with van der Waals surface area (Å²) in [5, 5.41) is 7.69. The number of aromatic nitrogens is 5. The summed E-state index contributed by atoms with van der Waals surface area (Å²) in [5.41, 5.74) is 4.31. The minimum atomic E-state index is -0.300. The maximum atomic E-state index is 12.1. The van der Waals surface area contributed by atoms with E-state index in [9.17, 15) is 4.79 Å². The predicted octanol–water partition coefficient (Wildman–Crippen LogP) is 1.87. The SMILES string of the molecule is Cc1cnc(OCc2c(C)cccc2-n2nnn(C)c2=O)c(C)c1. The van der Waals surface area contributed by atoms with Gasteiger partial charge >= 0.3 is 5.69 Å². The van der Waals surface area contributed by atoms with Gasteiger partial charge in [-0.25, -0.2) is 9.78 Å². The van der Waals surface area contributed by atoms with E-state index in [4.69, 9.17) is 4.74 Å². The Morgan fingerprint density at radius 1 is 1.12 bits per heavy atom. The maximum Gasteiger partial charge on any atom is 0.368 e. The first-order valence-corrected chi connectivity index (χ1v) is 7.61. The standard InChI is InChI=1S/C17H19N5O2/c1-11-8-13(3)16(18-9-11)24-10-14-12(2)6-5-7-15(14)22-17(23)21(4)19-20-22/h5-9H,10H2,1-4H3. The van der Waals surface area contributed by atoms with E-state index in [1.807, 2.05) is 45.0 Å². The summed E-state index contributed by atoms with van der Waals surface area (Å²) < 4.78 is 8.36. The van der Waals surface area contributed by atoms with E-state index in [0.29, 0.717) is 18.2 Å². The molecule has 0 aliphatic rings. The van der Waals surface area contributed by atoms with E-state index in [-0.39, 0.29) is 5.69 Å². The summed E-state index contributed by atoms with van der Waals surface area (Å²) in [5.74, 6) is 0.585. The first-order valence-electron chi connectivity index (χ1n) is 7.61. The number of benzene rings is 1. The van der Waals surface area contributed by atoms with Gasteiger partial charge in [0.05, 0.1) is 5.69 Å². The number of aryl methyl sites for hydroxylation is 4. The molecule has 0 amide bonds. The third-order valence-electron chi connectivity index (χ3n) is 3.86. The summed E-state index contributed by atoms with van der Waals surface area (Å²) in [6, 6.07) is 7.70. The molecule has 3 aromatic rings. The number of tetrazole rings is 1. The van der Waals surface area contributed by atoms with Crippen molar-refractivity contribution in [3.63, 3.8) is 0 Å². The highest BCUT2D eigenvalue weighted by atomic mass is 16.5. The zero-order valence-electron chi connectivity index (χ0n) is 14.1. The summed E-state index contributed by atoms with van der Waals surface area (Å²) in [7, 11) is 1.57. The largest absolute Gasteiger partial charge is 0.473 e. The molecule has 0 unspecified atom stereocenters. The van der Waals surface area contributed by atoms with Crippen molar-refractivity contribution >= 4 is 0 Å². The molecule has 0 aliphatic heterocycles. The molecule has 24 heavy (non-hydrogen) atoms. The number of hydrogen-bond donors (Lipinski definition) is 0. The Labute approximate surface area is 139 Å². The Balaban J connectivity index is 1.96. The lowest BCUT2D eigenvalue weighted by Gasteiger charge is -2.13. The second kappa shape index (κ2) is 6.27. The van der Waals surface area contributed by atoms with E-state index in [0.717, 1.165) is 22.3 Å². The van der Waals surface area contributed by atoms with Crippen LogP contribution < -0.4 is 10.4 Å². The molecule has 0 aliphatic carbocycles. The first kappa shape index (κ1) is 15.9. The van der Waals surface area contributed by atoms with Crippen molar-refractivity contribution in [2.75, 3.05) is 0 Å². The molecule has 0 saturated carbocycles. The van der Waals surface area contributed by atoms with Gasteiger partial charge in [0.15, 0.2) is 0 Å². The fraction of sp³-hybridized carbons (Fsp3) is 0.294. The highest BCUT2D eigenvalue weighted by Crippen LogP contribution is 2.21. The molecule has 1 aromatic carbocycles. The zero-order valence-corrected chi connectivity index (χ0v) is 14.1. The summed E-state index contributed by atoms with van der Waals surface area (Å²) >= 11 is 0. The van der Waals surface area contributed by atoms with E-state index in [1.165, 1.54) is 9.36 Å². The average Bonchev–Trinajstić information content (AvgIpc) is 2.87. The molecular formula is C17H19N5O2. The molecule has 0 spiro atoms. The van der Waals surface area contributed by atoms with Gasteiger partial charge in [0.25, 0.3) is 0 Å². The molecular weight excluding hydrogens is 306 g/mol. The molecule has 7 heteroatoms. The lowest BCUT2D eigenvalue weighted by molar-refractivity contribution is 0.290. The van der Waals surface area contributed by atoms with E-state index in [1.54, 1.807) is 13.2 Å². The molecule has 0 fully saturated rings. The average molecular weight is 325 g/mol. The third-order valence-corrected chi connectivity index (χ3v) is 3.86. The van der Waals surface area contributed by atoms with Crippen molar-refractivity contribution in [1.29, 1.82) is 0 Å². The highest BCUT2D eigenvalue weighted by molar-refractivity contribution is 5.44. The van der Waals surface area contributed by atoms with Crippen LogP contribution in [0.4, 0.5) is 0 Å². The highest BCUT2D eigenvalue weighted by Gasteiger charge is 2.14. The molecule has 7 nitrogen and oxygen atoms in total. The van der Waals surface area contributed by atoms with Crippen LogP contribution in [0.15, 0.2) is 35.3 Å². The van der Waals surface area contributed by atoms with Crippen molar-refractivity contribution in [2.24, 2.45) is 7.05 Å². The van der Waals surface area contributed by atoms with Crippen molar-refractivity contribution in [3.8, 4) is 11.6 Å². The Hall–Kier alpha value is -2.96. The number of pyridine rings is 1. The molecule has 0 N–H and O–H groups in total. The Bertz CT molecular complexity index is 942. The second-order valence-electron chi connectivity index (χ2n) is 5.79. The fourth-order valence-electron chi connectivity index (χ4n) is 2.53. The Kier molecular flexibility index (Phi) is 4.16. The van der Waals surface area contributed by atoms with Crippen LogP contribution in [-0.2, 0) is 13.7 Å². The predicted molar refractivity (Wildman–Crippen MR) is 89.4 cm³/mol. The van der Waals surface area contributed by atoms with E-state index in [2.05, 4.69) is 15.4 Å². The van der Waals surface area contributed by atoms with Gasteiger partial charge in [0.2, 0.25) is 5.88 Å². The molecule has 0 saturated heterocycles. The number of rotatable bonds is 4. The van der Waals surface area contributed by atoms with Crippen LogP contribution in [0.3, 0.4) is 0 Å². The van der Waals surface area contributed by atoms with Crippen LogP contribution in [0.1, 0.15) is 22.3 Å². The molecule has 0 radical (unpaired) electrons. The van der Waals surface area contributed by atoms with Gasteiger partial charge in [-0.2, -0.15) is 9.36 Å². The number of hydrogen-bond acceptors (Lipinski definition) is 5. The molecule has 2 heterocycles. The fourth-order valence-corrected chi connectivity index (χ4v) is 2.53. The quantitative estimate of drug-likeness (QED) is 0.732. The molecule has 0 bridgehead atoms. The van der Waals surface area contributed by atoms with Crippen LogP contribution in [0.25, 0.3) is 5.69 Å². The molecule has 2 aromatic heterocycles. The summed E-state index contributed by atoms with van der Waals surface area (Å²) in [6.07, 6.45) is 1.77. The lowest BCUT2D eigenvalue weighted by atomic mass is 10.1. The smallest absolute Gasteiger partial charge is 0.368 e. The van der Waals surface area contributed by atoms with E-state index < -0.39 is 0 Å². The lowest BCUT2D eigenvalue weighted by Crippen LogP contribution is -2.23. The maximum absolute atomic E-state index is 12.1. The normalized spacial score (nSPS) is 10.8. The summed E-state index contributed by atoms with van der Waals surface area (Å²) in [6.45, 7) is 6.21. The van der Waals surface area contributed by atoms with Crippen molar-refractivity contribution in [3.05, 3.63) is 63.2 Å². The zero-order chi connectivity index (χ0) is 17.3. The van der Waals surface area contributed by atoms with Gasteiger partial charge in [-0.15, -0.1) is 0 Å². The van der Waals surface area contributed by atoms with Crippen LogP contribution in [0.2, 0.25) is 0 Å². The van der Waals surface area contributed by atoms with Gasteiger partial charge in [0, 0.05) is 24.4 Å².